The van der Waals surface area contributed by atoms with Gasteiger partial charge in [-0.15, -0.1) is 0 Å². The molecule has 0 saturated heterocycles. The van der Waals surface area contributed by atoms with Crippen molar-refractivity contribution in [3.05, 3.63) is 11.9 Å². The summed E-state index contributed by atoms with van der Waals surface area (Å²) < 4.78 is 0. The third-order valence-electron chi connectivity index (χ3n) is 4.47. The maximum absolute atomic E-state index is 4.39. The molecule has 19 heavy (non-hydrogen) atoms. The van der Waals surface area contributed by atoms with Gasteiger partial charge in [0.15, 0.2) is 0 Å². The van der Waals surface area contributed by atoms with E-state index < -0.39 is 0 Å². The van der Waals surface area contributed by atoms with Crippen LogP contribution in [0.1, 0.15) is 51.5 Å². The highest BCUT2D eigenvalue weighted by atomic mass is 15.1. The van der Waals surface area contributed by atoms with Gasteiger partial charge in [-0.25, -0.2) is 9.97 Å². The summed E-state index contributed by atoms with van der Waals surface area (Å²) in [6.07, 6.45) is 8.34. The molecule has 0 bridgehead atoms. The van der Waals surface area contributed by atoms with E-state index in [1.54, 1.807) is 6.33 Å². The van der Waals surface area contributed by atoms with Crippen LogP contribution in [0.3, 0.4) is 0 Å². The fourth-order valence-electron chi connectivity index (χ4n) is 3.03. The number of anilines is 2. The molecule has 2 N–H and O–H groups in total. The molecule has 1 aliphatic rings. The third-order valence-corrected chi connectivity index (χ3v) is 4.47. The van der Waals surface area contributed by atoms with Crippen molar-refractivity contribution in [2.75, 3.05) is 23.7 Å². The quantitative estimate of drug-likeness (QED) is 0.822. The smallest absolute Gasteiger partial charge is 0.134 e. The van der Waals surface area contributed by atoms with E-state index >= 15 is 0 Å². The van der Waals surface area contributed by atoms with Gasteiger partial charge in [-0.3, -0.25) is 0 Å². The highest BCUT2D eigenvalue weighted by Crippen LogP contribution is 2.41. The molecule has 2 rings (SSSR count). The highest BCUT2D eigenvalue weighted by molar-refractivity contribution is 5.56. The fourth-order valence-corrected chi connectivity index (χ4v) is 3.03. The Kier molecular flexibility index (Phi) is 4.61. The van der Waals surface area contributed by atoms with Crippen molar-refractivity contribution < 1.29 is 0 Å². The zero-order valence-electron chi connectivity index (χ0n) is 12.4. The minimum Gasteiger partial charge on any atom is -0.370 e. The monoisotopic (exact) mass is 262 g/mol. The van der Waals surface area contributed by atoms with Crippen LogP contribution in [-0.2, 0) is 0 Å². The molecular formula is C15H26N4. The first-order valence-electron chi connectivity index (χ1n) is 7.50. The van der Waals surface area contributed by atoms with Crippen LogP contribution in [0, 0.1) is 12.3 Å². The topological polar surface area (TPSA) is 49.8 Å². The molecule has 0 atom stereocenters. The lowest BCUT2D eigenvalue weighted by atomic mass is 9.83. The molecule has 1 aliphatic carbocycles. The lowest BCUT2D eigenvalue weighted by molar-refractivity contribution is 0.306. The Morgan fingerprint density at radius 2 is 1.74 bits per heavy atom. The van der Waals surface area contributed by atoms with E-state index in [0.29, 0.717) is 5.41 Å². The number of rotatable bonds is 6. The first kappa shape index (κ1) is 14.1. The molecule has 0 amide bonds. The van der Waals surface area contributed by atoms with Crippen molar-refractivity contribution in [1.29, 1.82) is 0 Å². The SMILES string of the molecule is CCNc1ncnc(NCC2(CC)CCCC2)c1C. The zero-order chi connectivity index (χ0) is 13.7. The van der Waals surface area contributed by atoms with Gasteiger partial charge in [0.1, 0.15) is 18.0 Å². The molecule has 0 aliphatic heterocycles. The van der Waals surface area contributed by atoms with Crippen LogP contribution in [-0.4, -0.2) is 23.1 Å². The lowest BCUT2D eigenvalue weighted by Gasteiger charge is -2.28. The Morgan fingerprint density at radius 1 is 1.11 bits per heavy atom. The van der Waals surface area contributed by atoms with Crippen LogP contribution in [0.4, 0.5) is 11.6 Å². The molecule has 0 spiro atoms. The second kappa shape index (κ2) is 6.22. The van der Waals surface area contributed by atoms with Gasteiger partial charge in [-0.1, -0.05) is 19.8 Å². The van der Waals surface area contributed by atoms with Gasteiger partial charge in [-0.2, -0.15) is 0 Å². The Labute approximate surface area is 116 Å². The summed E-state index contributed by atoms with van der Waals surface area (Å²) in [7, 11) is 0. The van der Waals surface area contributed by atoms with Crippen molar-refractivity contribution in [2.24, 2.45) is 5.41 Å². The highest BCUT2D eigenvalue weighted by Gasteiger charge is 2.31. The van der Waals surface area contributed by atoms with Crippen LogP contribution in [0.25, 0.3) is 0 Å². The van der Waals surface area contributed by atoms with Crippen LogP contribution in [0.2, 0.25) is 0 Å². The summed E-state index contributed by atoms with van der Waals surface area (Å²) in [4.78, 5) is 8.67. The molecule has 0 aromatic carbocycles. The summed E-state index contributed by atoms with van der Waals surface area (Å²) in [5.41, 5.74) is 1.60. The molecule has 4 heteroatoms. The van der Waals surface area contributed by atoms with Crippen molar-refractivity contribution >= 4 is 11.6 Å². The maximum Gasteiger partial charge on any atom is 0.134 e. The van der Waals surface area contributed by atoms with Crippen molar-refractivity contribution in [1.82, 2.24) is 9.97 Å². The van der Waals surface area contributed by atoms with Crippen LogP contribution in [0.15, 0.2) is 6.33 Å². The average Bonchev–Trinajstić information content (AvgIpc) is 2.89. The van der Waals surface area contributed by atoms with Crippen molar-refractivity contribution in [2.45, 2.75) is 52.9 Å². The summed E-state index contributed by atoms with van der Waals surface area (Å²) in [6.45, 7) is 8.39. The van der Waals surface area contributed by atoms with E-state index in [1.807, 2.05) is 0 Å². The summed E-state index contributed by atoms with van der Waals surface area (Å²) >= 11 is 0. The zero-order valence-corrected chi connectivity index (χ0v) is 12.4. The van der Waals surface area contributed by atoms with Gasteiger partial charge < -0.3 is 10.6 Å². The van der Waals surface area contributed by atoms with Gasteiger partial charge in [0, 0.05) is 18.7 Å². The van der Waals surface area contributed by atoms with Gasteiger partial charge in [0.2, 0.25) is 0 Å². The number of nitrogens with one attached hydrogen (secondary N) is 2. The Morgan fingerprint density at radius 3 is 2.32 bits per heavy atom. The van der Waals surface area contributed by atoms with Gasteiger partial charge in [0.25, 0.3) is 0 Å². The predicted molar refractivity (Wildman–Crippen MR) is 80.6 cm³/mol. The molecule has 1 aromatic heterocycles. The normalized spacial score (nSPS) is 17.4. The number of aromatic nitrogens is 2. The Hall–Kier alpha value is -1.32. The first-order valence-corrected chi connectivity index (χ1v) is 7.50. The predicted octanol–water partition coefficient (Wildman–Crippen LogP) is 3.60. The number of hydrogen-bond acceptors (Lipinski definition) is 4. The van der Waals surface area contributed by atoms with Crippen LogP contribution < -0.4 is 10.6 Å². The molecule has 106 valence electrons. The van der Waals surface area contributed by atoms with E-state index in [1.165, 1.54) is 32.1 Å². The summed E-state index contributed by atoms with van der Waals surface area (Å²) in [6, 6.07) is 0. The number of nitrogens with zero attached hydrogens (tertiary/aromatic N) is 2. The Bertz CT molecular complexity index is 411. The van der Waals surface area contributed by atoms with Crippen LogP contribution in [0.5, 0.6) is 0 Å². The molecule has 4 nitrogen and oxygen atoms in total. The minimum absolute atomic E-state index is 0.482. The van der Waals surface area contributed by atoms with E-state index in [0.717, 1.165) is 30.3 Å². The first-order chi connectivity index (χ1) is 9.21. The third kappa shape index (κ3) is 3.17. The van der Waals surface area contributed by atoms with E-state index in [9.17, 15) is 0 Å². The second-order valence-electron chi connectivity index (χ2n) is 5.64. The fraction of sp³-hybridized carbons (Fsp3) is 0.733. The molecule has 1 saturated carbocycles. The van der Waals surface area contributed by atoms with E-state index in [4.69, 9.17) is 0 Å². The molecular weight excluding hydrogens is 236 g/mol. The molecule has 1 aromatic rings. The molecule has 0 unspecified atom stereocenters. The van der Waals surface area contributed by atoms with Crippen molar-refractivity contribution in [3.63, 3.8) is 0 Å². The van der Waals surface area contributed by atoms with Gasteiger partial charge >= 0.3 is 0 Å². The van der Waals surface area contributed by atoms with Crippen LogP contribution >= 0.6 is 0 Å². The Balaban J connectivity index is 2.04. The largest absolute Gasteiger partial charge is 0.370 e. The van der Waals surface area contributed by atoms with E-state index in [-0.39, 0.29) is 0 Å². The average molecular weight is 262 g/mol. The summed E-state index contributed by atoms with van der Waals surface area (Å²) in [5, 5.41) is 6.83. The standard InChI is InChI=1S/C15H26N4/c1-4-15(8-6-7-9-15)10-17-14-12(3)13(16-5-2)18-11-19-14/h11H,4-10H2,1-3H3,(H2,16,17,18,19). The minimum atomic E-state index is 0.482. The van der Waals surface area contributed by atoms with Gasteiger partial charge in [0.05, 0.1) is 0 Å². The molecule has 1 heterocycles. The van der Waals surface area contributed by atoms with E-state index in [2.05, 4.69) is 41.4 Å². The number of hydrogen-bond donors (Lipinski definition) is 2. The second-order valence-corrected chi connectivity index (χ2v) is 5.64. The molecule has 0 radical (unpaired) electrons. The maximum atomic E-state index is 4.39. The summed E-state index contributed by atoms with van der Waals surface area (Å²) in [5.74, 6) is 1.92. The van der Waals surface area contributed by atoms with Gasteiger partial charge in [-0.05, 0) is 38.5 Å². The molecule has 1 fully saturated rings. The van der Waals surface area contributed by atoms with Crippen molar-refractivity contribution in [3.8, 4) is 0 Å². The lowest BCUT2D eigenvalue weighted by Crippen LogP contribution is -2.26.